The van der Waals surface area contributed by atoms with Crippen LogP contribution < -0.4 is 4.72 Å². The average molecular weight is 343 g/mol. The van der Waals surface area contributed by atoms with E-state index in [-0.39, 0.29) is 0 Å². The summed E-state index contributed by atoms with van der Waals surface area (Å²) in [6.07, 6.45) is 5.53. The molecule has 0 aliphatic carbocycles. The smallest absolute Gasteiger partial charge is 0.240 e. The fourth-order valence-electron chi connectivity index (χ4n) is 2.81. The standard InChI is InChI=1S/C18H21N3O2S/c1-2-13-21-14-15(17-9-6-11-19-18(17)21)10-12-20-24(22,23)16-7-4-3-5-8-16/h3-9,11,14,20H,2,10,12-13H2,1H3. The van der Waals surface area contributed by atoms with Crippen LogP contribution in [0.5, 0.6) is 0 Å². The predicted octanol–water partition coefficient (Wildman–Crippen LogP) is 2.97. The summed E-state index contributed by atoms with van der Waals surface area (Å²) < 4.78 is 29.3. The first-order chi connectivity index (χ1) is 11.6. The molecule has 2 aromatic heterocycles. The molecule has 0 aliphatic rings. The zero-order valence-corrected chi connectivity index (χ0v) is 14.5. The van der Waals surface area contributed by atoms with Gasteiger partial charge in [0, 0.05) is 30.9 Å². The average Bonchev–Trinajstić information content (AvgIpc) is 2.94. The van der Waals surface area contributed by atoms with Crippen LogP contribution in [0.1, 0.15) is 18.9 Å². The first-order valence-electron chi connectivity index (χ1n) is 8.09. The number of aromatic nitrogens is 2. The summed E-state index contributed by atoms with van der Waals surface area (Å²) in [6.45, 7) is 3.39. The molecule has 24 heavy (non-hydrogen) atoms. The van der Waals surface area contributed by atoms with Crippen molar-refractivity contribution in [3.8, 4) is 0 Å². The van der Waals surface area contributed by atoms with Crippen LogP contribution in [0.4, 0.5) is 0 Å². The van der Waals surface area contributed by atoms with Gasteiger partial charge in [0.05, 0.1) is 4.90 Å². The molecule has 0 aliphatic heterocycles. The molecule has 0 spiro atoms. The first kappa shape index (κ1) is 16.7. The van der Waals surface area contributed by atoms with Crippen LogP contribution in [0.2, 0.25) is 0 Å². The van der Waals surface area contributed by atoms with Crippen molar-refractivity contribution in [2.45, 2.75) is 31.2 Å². The Kier molecular flexibility index (Phi) is 4.97. The van der Waals surface area contributed by atoms with Crippen molar-refractivity contribution in [1.29, 1.82) is 0 Å². The number of hydrogen-bond acceptors (Lipinski definition) is 3. The van der Waals surface area contributed by atoms with Crippen LogP contribution >= 0.6 is 0 Å². The Labute approximate surface area is 142 Å². The van der Waals surface area contributed by atoms with Crippen LogP contribution in [-0.2, 0) is 23.0 Å². The van der Waals surface area contributed by atoms with Crippen molar-refractivity contribution in [3.05, 3.63) is 60.4 Å². The summed E-state index contributed by atoms with van der Waals surface area (Å²) in [5.41, 5.74) is 2.07. The maximum atomic E-state index is 12.3. The van der Waals surface area contributed by atoms with Crippen molar-refractivity contribution >= 4 is 21.1 Å². The van der Waals surface area contributed by atoms with E-state index in [1.165, 1.54) is 0 Å². The Balaban J connectivity index is 1.75. The Morgan fingerprint density at radius 1 is 1.12 bits per heavy atom. The lowest BCUT2D eigenvalue weighted by Crippen LogP contribution is -2.25. The van der Waals surface area contributed by atoms with E-state index in [1.54, 1.807) is 36.5 Å². The fourth-order valence-corrected chi connectivity index (χ4v) is 3.86. The lowest BCUT2D eigenvalue weighted by Gasteiger charge is -2.06. The molecule has 0 radical (unpaired) electrons. The number of hydrogen-bond donors (Lipinski definition) is 1. The topological polar surface area (TPSA) is 64.0 Å². The Bertz CT molecular complexity index is 918. The van der Waals surface area contributed by atoms with Gasteiger partial charge in [0.15, 0.2) is 0 Å². The summed E-state index contributed by atoms with van der Waals surface area (Å²) in [5, 5.41) is 1.09. The lowest BCUT2D eigenvalue weighted by atomic mass is 10.2. The van der Waals surface area contributed by atoms with E-state index in [1.807, 2.05) is 12.1 Å². The number of benzene rings is 1. The first-order valence-corrected chi connectivity index (χ1v) is 9.57. The highest BCUT2D eigenvalue weighted by molar-refractivity contribution is 7.89. The molecule has 5 nitrogen and oxygen atoms in total. The fraction of sp³-hybridized carbons (Fsp3) is 0.278. The van der Waals surface area contributed by atoms with Crippen LogP contribution in [0.15, 0.2) is 59.8 Å². The quantitative estimate of drug-likeness (QED) is 0.717. The predicted molar refractivity (Wildman–Crippen MR) is 95.4 cm³/mol. The maximum Gasteiger partial charge on any atom is 0.240 e. The molecule has 0 fully saturated rings. The number of pyridine rings is 1. The van der Waals surface area contributed by atoms with Gasteiger partial charge in [-0.3, -0.25) is 0 Å². The second-order valence-electron chi connectivity index (χ2n) is 5.68. The third kappa shape index (κ3) is 3.49. The van der Waals surface area contributed by atoms with E-state index in [9.17, 15) is 8.42 Å². The molecule has 3 aromatic rings. The van der Waals surface area contributed by atoms with E-state index in [4.69, 9.17) is 0 Å². The Morgan fingerprint density at radius 2 is 1.92 bits per heavy atom. The Morgan fingerprint density at radius 3 is 2.67 bits per heavy atom. The Hall–Kier alpha value is -2.18. The summed E-state index contributed by atoms with van der Waals surface area (Å²) >= 11 is 0. The minimum Gasteiger partial charge on any atom is -0.332 e. The van der Waals surface area contributed by atoms with Gasteiger partial charge in [-0.05, 0) is 42.7 Å². The molecule has 0 unspecified atom stereocenters. The molecular weight excluding hydrogens is 322 g/mol. The highest BCUT2D eigenvalue weighted by atomic mass is 32.2. The summed E-state index contributed by atoms with van der Waals surface area (Å²) in [7, 11) is -3.46. The van der Waals surface area contributed by atoms with Gasteiger partial charge in [-0.2, -0.15) is 0 Å². The molecule has 2 heterocycles. The molecule has 1 N–H and O–H groups in total. The van der Waals surface area contributed by atoms with Gasteiger partial charge in [-0.25, -0.2) is 18.1 Å². The SMILES string of the molecule is CCCn1cc(CCNS(=O)(=O)c2ccccc2)c2cccnc21. The molecule has 0 amide bonds. The molecule has 0 atom stereocenters. The van der Waals surface area contributed by atoms with E-state index in [2.05, 4.69) is 27.4 Å². The summed E-state index contributed by atoms with van der Waals surface area (Å²) in [4.78, 5) is 4.74. The number of nitrogens with zero attached hydrogens (tertiary/aromatic N) is 2. The third-order valence-electron chi connectivity index (χ3n) is 3.92. The zero-order valence-electron chi connectivity index (χ0n) is 13.6. The normalized spacial score (nSPS) is 11.9. The van der Waals surface area contributed by atoms with Gasteiger partial charge in [0.1, 0.15) is 5.65 Å². The maximum absolute atomic E-state index is 12.3. The van der Waals surface area contributed by atoms with Crippen LogP contribution in [0.25, 0.3) is 11.0 Å². The van der Waals surface area contributed by atoms with Crippen LogP contribution in [0, 0.1) is 0 Å². The number of rotatable bonds is 7. The minimum absolute atomic E-state index is 0.292. The van der Waals surface area contributed by atoms with Crippen molar-refractivity contribution in [1.82, 2.24) is 14.3 Å². The van der Waals surface area contributed by atoms with Crippen molar-refractivity contribution in [3.63, 3.8) is 0 Å². The van der Waals surface area contributed by atoms with E-state index >= 15 is 0 Å². The van der Waals surface area contributed by atoms with Gasteiger partial charge in [-0.15, -0.1) is 0 Å². The summed E-state index contributed by atoms with van der Waals surface area (Å²) in [5.74, 6) is 0. The van der Waals surface area contributed by atoms with E-state index in [0.717, 1.165) is 29.6 Å². The third-order valence-corrected chi connectivity index (χ3v) is 5.40. The van der Waals surface area contributed by atoms with Gasteiger partial charge in [0.25, 0.3) is 0 Å². The molecule has 1 aromatic carbocycles. The number of aryl methyl sites for hydroxylation is 1. The highest BCUT2D eigenvalue weighted by Crippen LogP contribution is 2.20. The lowest BCUT2D eigenvalue weighted by molar-refractivity contribution is 0.581. The van der Waals surface area contributed by atoms with Crippen molar-refractivity contribution in [2.24, 2.45) is 0 Å². The largest absolute Gasteiger partial charge is 0.332 e. The molecule has 6 heteroatoms. The van der Waals surface area contributed by atoms with E-state index in [0.29, 0.717) is 17.9 Å². The monoisotopic (exact) mass is 343 g/mol. The van der Waals surface area contributed by atoms with Crippen molar-refractivity contribution in [2.75, 3.05) is 6.54 Å². The minimum atomic E-state index is -3.46. The van der Waals surface area contributed by atoms with Gasteiger partial charge in [-0.1, -0.05) is 25.1 Å². The van der Waals surface area contributed by atoms with Crippen LogP contribution in [0.3, 0.4) is 0 Å². The molecule has 0 bridgehead atoms. The number of fused-ring (bicyclic) bond motifs is 1. The van der Waals surface area contributed by atoms with E-state index < -0.39 is 10.0 Å². The highest BCUT2D eigenvalue weighted by Gasteiger charge is 2.14. The second kappa shape index (κ2) is 7.15. The van der Waals surface area contributed by atoms with Gasteiger partial charge >= 0.3 is 0 Å². The number of sulfonamides is 1. The van der Waals surface area contributed by atoms with Gasteiger partial charge in [0.2, 0.25) is 10.0 Å². The second-order valence-corrected chi connectivity index (χ2v) is 7.45. The molecule has 126 valence electrons. The molecule has 0 saturated carbocycles. The molecular formula is C18H21N3O2S. The van der Waals surface area contributed by atoms with Crippen molar-refractivity contribution < 1.29 is 8.42 Å². The zero-order chi connectivity index (χ0) is 17.0. The van der Waals surface area contributed by atoms with Gasteiger partial charge < -0.3 is 4.57 Å². The molecule has 3 rings (SSSR count). The number of nitrogens with one attached hydrogen (secondary N) is 1. The summed E-state index contributed by atoms with van der Waals surface area (Å²) in [6, 6.07) is 12.4. The molecule has 0 saturated heterocycles. The van der Waals surface area contributed by atoms with Crippen LogP contribution in [-0.4, -0.2) is 24.5 Å².